The zero-order valence-corrected chi connectivity index (χ0v) is 14.4. The fourth-order valence-electron chi connectivity index (χ4n) is 3.93. The molecular weight excluding hydrogens is 359 g/mol. The Bertz CT molecular complexity index is 1050. The van der Waals surface area contributed by atoms with Gasteiger partial charge in [0.2, 0.25) is 0 Å². The lowest BCUT2D eigenvalue weighted by atomic mass is 9.84. The number of alkyl halides is 3. The Labute approximate surface area is 152 Å². The van der Waals surface area contributed by atoms with Crippen LogP contribution in [-0.4, -0.2) is 19.7 Å². The van der Waals surface area contributed by atoms with Gasteiger partial charge in [-0.05, 0) is 30.9 Å². The van der Waals surface area contributed by atoms with Crippen LogP contribution in [0.1, 0.15) is 49.3 Å². The molecule has 142 valence electrons. The van der Waals surface area contributed by atoms with E-state index in [1.165, 1.54) is 6.07 Å². The quantitative estimate of drug-likeness (QED) is 0.693. The van der Waals surface area contributed by atoms with Gasteiger partial charge in [0, 0.05) is 17.2 Å². The third-order valence-electron chi connectivity index (χ3n) is 5.12. The highest BCUT2D eigenvalue weighted by molar-refractivity contribution is 5.70. The number of aromatic nitrogens is 3. The van der Waals surface area contributed by atoms with Crippen molar-refractivity contribution in [3.8, 4) is 17.0 Å². The lowest BCUT2D eigenvalue weighted by Crippen LogP contribution is -2.14. The minimum absolute atomic E-state index is 0.0524. The van der Waals surface area contributed by atoms with Gasteiger partial charge in [-0.25, -0.2) is 4.52 Å². The van der Waals surface area contributed by atoms with Gasteiger partial charge in [0.1, 0.15) is 11.4 Å². The van der Waals surface area contributed by atoms with Gasteiger partial charge in [0.15, 0.2) is 5.69 Å². The molecule has 1 aliphatic carbocycles. The van der Waals surface area contributed by atoms with Crippen LogP contribution in [0.5, 0.6) is 5.75 Å². The van der Waals surface area contributed by atoms with E-state index in [4.69, 9.17) is 0 Å². The van der Waals surface area contributed by atoms with Gasteiger partial charge in [-0.3, -0.25) is 4.79 Å². The largest absolute Gasteiger partial charge is 0.507 e. The predicted octanol–water partition coefficient (Wildman–Crippen LogP) is 4.46. The summed E-state index contributed by atoms with van der Waals surface area (Å²) in [4.78, 5) is 14.8. The molecule has 4 rings (SSSR count). The molecule has 0 aliphatic heterocycles. The Kier molecular flexibility index (Phi) is 4.20. The van der Waals surface area contributed by atoms with Gasteiger partial charge in [-0.1, -0.05) is 31.4 Å². The number of phenols is 1. The second-order valence-corrected chi connectivity index (χ2v) is 6.89. The number of H-pyrrole nitrogens is 1. The zero-order valence-electron chi connectivity index (χ0n) is 14.4. The second kappa shape index (κ2) is 6.44. The summed E-state index contributed by atoms with van der Waals surface area (Å²) in [6, 6.07) is 7.34. The fraction of sp³-hybridized carbons (Fsp3) is 0.368. The van der Waals surface area contributed by atoms with E-state index in [1.807, 2.05) is 0 Å². The van der Waals surface area contributed by atoms with Gasteiger partial charge >= 0.3 is 6.18 Å². The van der Waals surface area contributed by atoms with Crippen molar-refractivity contribution in [3.63, 3.8) is 0 Å². The molecule has 1 aliphatic rings. The summed E-state index contributed by atoms with van der Waals surface area (Å²) in [7, 11) is 0. The number of hydrogen-bond donors (Lipinski definition) is 2. The normalized spacial score (nSPS) is 16.1. The lowest BCUT2D eigenvalue weighted by molar-refractivity contribution is -0.142. The first-order valence-corrected chi connectivity index (χ1v) is 8.88. The highest BCUT2D eigenvalue weighted by Gasteiger charge is 2.41. The Morgan fingerprint density at radius 2 is 1.85 bits per heavy atom. The number of rotatable bonds is 2. The highest BCUT2D eigenvalue weighted by Crippen LogP contribution is 2.42. The van der Waals surface area contributed by atoms with E-state index in [0.29, 0.717) is 12.8 Å². The molecule has 0 amide bonds. The van der Waals surface area contributed by atoms with Crippen molar-refractivity contribution in [3.05, 3.63) is 51.9 Å². The Hall–Kier alpha value is -2.77. The van der Waals surface area contributed by atoms with Gasteiger partial charge in [0.05, 0.1) is 5.69 Å². The number of nitrogens with zero attached hydrogens (tertiary/aromatic N) is 2. The molecule has 0 atom stereocenters. The van der Waals surface area contributed by atoms with E-state index in [2.05, 4.69) is 10.1 Å². The summed E-state index contributed by atoms with van der Waals surface area (Å²) < 4.78 is 42.3. The van der Waals surface area contributed by atoms with Crippen LogP contribution in [0.25, 0.3) is 16.9 Å². The Balaban J connectivity index is 2.05. The van der Waals surface area contributed by atoms with Crippen LogP contribution >= 0.6 is 0 Å². The molecular formula is C19H18F3N3O2. The molecule has 0 saturated heterocycles. The molecule has 3 aromatic rings. The van der Waals surface area contributed by atoms with Crippen molar-refractivity contribution < 1.29 is 18.3 Å². The summed E-state index contributed by atoms with van der Waals surface area (Å²) in [6.07, 6.45) is -0.672. The third-order valence-corrected chi connectivity index (χ3v) is 5.12. The molecule has 5 nitrogen and oxygen atoms in total. The standard InChI is InChI=1S/C19H18F3N3O2/c20-19(21,22)17-16(11-6-2-1-3-7-11)18-23-15(27)10-13(25(18)24-17)12-8-4-5-9-14(12)26/h4-5,8-11,26H,1-3,6-7H2,(H,23,27). The van der Waals surface area contributed by atoms with E-state index < -0.39 is 17.4 Å². The third kappa shape index (κ3) is 3.09. The summed E-state index contributed by atoms with van der Waals surface area (Å²) in [5.74, 6) is -0.434. The van der Waals surface area contributed by atoms with Crippen molar-refractivity contribution in [1.82, 2.24) is 14.6 Å². The van der Waals surface area contributed by atoms with Crippen LogP contribution in [0.2, 0.25) is 0 Å². The fourth-order valence-corrected chi connectivity index (χ4v) is 3.93. The number of phenolic OH excluding ortho intramolecular Hbond substituents is 1. The smallest absolute Gasteiger partial charge is 0.435 e. The first-order valence-electron chi connectivity index (χ1n) is 8.88. The number of benzene rings is 1. The van der Waals surface area contributed by atoms with Gasteiger partial charge in [-0.2, -0.15) is 18.3 Å². The number of para-hydroxylation sites is 1. The van der Waals surface area contributed by atoms with E-state index in [0.717, 1.165) is 29.8 Å². The molecule has 2 aromatic heterocycles. The number of nitrogens with one attached hydrogen (secondary N) is 1. The average Bonchev–Trinajstić information content (AvgIpc) is 3.02. The van der Waals surface area contributed by atoms with E-state index in [-0.39, 0.29) is 34.1 Å². The molecule has 1 saturated carbocycles. The average molecular weight is 377 g/mol. The molecule has 0 bridgehead atoms. The zero-order chi connectivity index (χ0) is 19.2. The van der Waals surface area contributed by atoms with Gasteiger partial charge in [-0.15, -0.1) is 0 Å². The van der Waals surface area contributed by atoms with Crippen LogP contribution < -0.4 is 5.56 Å². The molecule has 0 unspecified atom stereocenters. The lowest BCUT2D eigenvalue weighted by Gasteiger charge is -2.22. The van der Waals surface area contributed by atoms with Gasteiger partial charge < -0.3 is 10.1 Å². The van der Waals surface area contributed by atoms with Gasteiger partial charge in [0.25, 0.3) is 5.56 Å². The molecule has 8 heteroatoms. The molecule has 0 radical (unpaired) electrons. The van der Waals surface area contributed by atoms with Crippen molar-refractivity contribution in [1.29, 1.82) is 0 Å². The van der Waals surface area contributed by atoms with Crippen LogP contribution in [0.3, 0.4) is 0 Å². The number of fused-ring (bicyclic) bond motifs is 1. The number of aromatic hydroxyl groups is 1. The van der Waals surface area contributed by atoms with E-state index >= 15 is 0 Å². The monoisotopic (exact) mass is 377 g/mol. The molecule has 1 aromatic carbocycles. The highest BCUT2D eigenvalue weighted by atomic mass is 19.4. The van der Waals surface area contributed by atoms with Crippen molar-refractivity contribution >= 4 is 5.65 Å². The van der Waals surface area contributed by atoms with Crippen molar-refractivity contribution in [2.75, 3.05) is 0 Å². The minimum atomic E-state index is -4.63. The minimum Gasteiger partial charge on any atom is -0.507 e. The SMILES string of the molecule is O=c1cc(-c2ccccc2O)n2nc(C(F)(F)F)c(C3CCCCC3)c2[nH]1. The predicted molar refractivity (Wildman–Crippen MR) is 93.7 cm³/mol. The summed E-state index contributed by atoms with van der Waals surface area (Å²) in [6.45, 7) is 0. The first kappa shape index (κ1) is 17.6. The second-order valence-electron chi connectivity index (χ2n) is 6.89. The number of halogens is 3. The van der Waals surface area contributed by atoms with Crippen molar-refractivity contribution in [2.24, 2.45) is 0 Å². The number of hydrogen-bond acceptors (Lipinski definition) is 3. The Morgan fingerprint density at radius 1 is 1.15 bits per heavy atom. The van der Waals surface area contributed by atoms with E-state index in [1.54, 1.807) is 18.2 Å². The summed E-state index contributed by atoms with van der Waals surface area (Å²) in [5.41, 5.74) is -1.02. The molecule has 2 N–H and O–H groups in total. The Morgan fingerprint density at radius 3 is 2.52 bits per heavy atom. The van der Waals surface area contributed by atoms with Crippen LogP contribution in [0.15, 0.2) is 35.1 Å². The van der Waals surface area contributed by atoms with Crippen molar-refractivity contribution in [2.45, 2.75) is 44.2 Å². The summed E-state index contributed by atoms with van der Waals surface area (Å²) >= 11 is 0. The molecule has 27 heavy (non-hydrogen) atoms. The maximum Gasteiger partial charge on any atom is 0.435 e. The summed E-state index contributed by atoms with van der Waals surface area (Å²) in [5, 5.41) is 14.0. The van der Waals surface area contributed by atoms with Crippen LogP contribution in [-0.2, 0) is 6.18 Å². The van der Waals surface area contributed by atoms with E-state index in [9.17, 15) is 23.1 Å². The molecule has 1 fully saturated rings. The first-order chi connectivity index (χ1) is 12.9. The topological polar surface area (TPSA) is 70.4 Å². The number of aromatic amines is 1. The maximum absolute atomic E-state index is 13.7. The van der Waals surface area contributed by atoms with Crippen LogP contribution in [0, 0.1) is 0 Å². The molecule has 2 heterocycles. The van der Waals surface area contributed by atoms with Crippen LogP contribution in [0.4, 0.5) is 13.2 Å². The molecule has 0 spiro atoms. The maximum atomic E-state index is 13.7.